The highest BCUT2D eigenvalue weighted by molar-refractivity contribution is 9.10. The Labute approximate surface area is 123 Å². The van der Waals surface area contributed by atoms with Crippen LogP contribution in [0.2, 0.25) is 0 Å². The van der Waals surface area contributed by atoms with Crippen LogP contribution >= 0.6 is 15.9 Å². The smallest absolute Gasteiger partial charge is 0.127 e. The highest BCUT2D eigenvalue weighted by Crippen LogP contribution is 2.28. The monoisotopic (exact) mass is 328 g/mol. The molecule has 106 valence electrons. The Hall–Kier alpha value is -0.410. The Morgan fingerprint density at radius 1 is 1.26 bits per heavy atom. The van der Waals surface area contributed by atoms with E-state index >= 15 is 0 Å². The second-order valence-electron chi connectivity index (χ2n) is 5.68. The molecule has 1 aromatic rings. The molecule has 1 aliphatic carbocycles. The summed E-state index contributed by atoms with van der Waals surface area (Å²) in [6, 6.07) is 5.04. The summed E-state index contributed by atoms with van der Waals surface area (Å²) in [7, 11) is 0. The lowest BCUT2D eigenvalue weighted by molar-refractivity contribution is 0.148. The van der Waals surface area contributed by atoms with Gasteiger partial charge in [-0.2, -0.15) is 0 Å². The molecule has 1 aromatic carbocycles. The van der Waals surface area contributed by atoms with E-state index < -0.39 is 6.10 Å². The van der Waals surface area contributed by atoms with Gasteiger partial charge in [0, 0.05) is 10.9 Å². The van der Waals surface area contributed by atoms with Gasteiger partial charge < -0.3 is 5.11 Å². The van der Waals surface area contributed by atoms with Gasteiger partial charge in [-0.25, -0.2) is 4.39 Å². The average molecular weight is 329 g/mol. The van der Waals surface area contributed by atoms with E-state index in [0.717, 1.165) is 23.2 Å². The Morgan fingerprint density at radius 2 is 2.00 bits per heavy atom. The number of aliphatic hydroxyl groups is 1. The second-order valence-corrected chi connectivity index (χ2v) is 6.59. The van der Waals surface area contributed by atoms with Gasteiger partial charge in [0.25, 0.3) is 0 Å². The van der Waals surface area contributed by atoms with Crippen LogP contribution in [0.25, 0.3) is 0 Å². The zero-order valence-corrected chi connectivity index (χ0v) is 12.8. The molecular formula is C16H22BrFO. The highest BCUT2D eigenvalue weighted by atomic mass is 79.9. The first-order valence-electron chi connectivity index (χ1n) is 7.27. The molecule has 1 saturated carbocycles. The third-order valence-electron chi connectivity index (χ3n) is 4.10. The van der Waals surface area contributed by atoms with Crippen molar-refractivity contribution in [1.29, 1.82) is 0 Å². The van der Waals surface area contributed by atoms with E-state index in [1.807, 2.05) is 6.07 Å². The summed E-state index contributed by atoms with van der Waals surface area (Å²) in [6.45, 7) is 0. The van der Waals surface area contributed by atoms with Crippen LogP contribution in [0, 0.1) is 11.7 Å². The Balaban J connectivity index is 1.78. The van der Waals surface area contributed by atoms with Crippen molar-refractivity contribution in [2.45, 2.75) is 57.5 Å². The van der Waals surface area contributed by atoms with E-state index in [4.69, 9.17) is 0 Å². The van der Waals surface area contributed by atoms with E-state index in [0.29, 0.717) is 12.0 Å². The minimum atomic E-state index is -0.419. The normalized spacial score (nSPS) is 18.5. The van der Waals surface area contributed by atoms with Crippen LogP contribution in [-0.2, 0) is 6.42 Å². The maximum atomic E-state index is 13.7. The molecule has 1 aliphatic rings. The van der Waals surface area contributed by atoms with E-state index in [2.05, 4.69) is 15.9 Å². The van der Waals surface area contributed by atoms with E-state index in [1.165, 1.54) is 38.2 Å². The molecule has 19 heavy (non-hydrogen) atoms. The van der Waals surface area contributed by atoms with Gasteiger partial charge in [0.2, 0.25) is 0 Å². The molecule has 0 bridgehead atoms. The standard InChI is InChI=1S/C16H22BrFO/c17-14-8-7-13(16(18)11-14)10-15(19)9-6-12-4-2-1-3-5-12/h7-8,11-12,15,19H,1-6,9-10H2. The molecule has 0 radical (unpaired) electrons. The van der Waals surface area contributed by atoms with Crippen molar-refractivity contribution in [1.82, 2.24) is 0 Å². The van der Waals surface area contributed by atoms with Crippen molar-refractivity contribution >= 4 is 15.9 Å². The molecular weight excluding hydrogens is 307 g/mol. The molecule has 0 spiro atoms. The molecule has 1 unspecified atom stereocenters. The molecule has 2 rings (SSSR count). The van der Waals surface area contributed by atoms with Crippen LogP contribution in [0.1, 0.15) is 50.5 Å². The number of aliphatic hydroxyl groups excluding tert-OH is 1. The summed E-state index contributed by atoms with van der Waals surface area (Å²) in [6.07, 6.45) is 8.52. The lowest BCUT2D eigenvalue weighted by Crippen LogP contribution is -2.15. The van der Waals surface area contributed by atoms with Gasteiger partial charge in [0.05, 0.1) is 6.10 Å². The van der Waals surface area contributed by atoms with Gasteiger partial charge in [-0.05, 0) is 36.5 Å². The summed E-state index contributed by atoms with van der Waals surface area (Å²) in [5.74, 6) is 0.546. The summed E-state index contributed by atoms with van der Waals surface area (Å²) < 4.78 is 14.4. The fraction of sp³-hybridized carbons (Fsp3) is 0.625. The van der Waals surface area contributed by atoms with Crippen LogP contribution in [0.5, 0.6) is 0 Å². The number of rotatable bonds is 5. The predicted molar refractivity (Wildman–Crippen MR) is 79.6 cm³/mol. The van der Waals surface area contributed by atoms with Crippen molar-refractivity contribution in [3.8, 4) is 0 Å². The number of hydrogen-bond donors (Lipinski definition) is 1. The average Bonchev–Trinajstić information content (AvgIpc) is 2.41. The molecule has 1 nitrogen and oxygen atoms in total. The second kappa shape index (κ2) is 7.39. The zero-order chi connectivity index (χ0) is 13.7. The molecule has 0 aromatic heterocycles. The summed E-state index contributed by atoms with van der Waals surface area (Å²) >= 11 is 3.24. The first-order valence-corrected chi connectivity index (χ1v) is 8.06. The molecule has 1 atom stereocenters. The first kappa shape index (κ1) is 15.0. The lowest BCUT2D eigenvalue weighted by atomic mass is 9.85. The summed E-state index contributed by atoms with van der Waals surface area (Å²) in [5.41, 5.74) is 0.611. The minimum absolute atomic E-state index is 0.230. The predicted octanol–water partition coefficient (Wildman–Crippen LogP) is 4.85. The van der Waals surface area contributed by atoms with E-state index in [9.17, 15) is 9.50 Å². The maximum Gasteiger partial charge on any atom is 0.127 e. The third kappa shape index (κ3) is 4.88. The van der Waals surface area contributed by atoms with E-state index in [-0.39, 0.29) is 5.82 Å². The minimum Gasteiger partial charge on any atom is -0.393 e. The van der Waals surface area contributed by atoms with Crippen molar-refractivity contribution < 1.29 is 9.50 Å². The van der Waals surface area contributed by atoms with Crippen LogP contribution in [0.4, 0.5) is 4.39 Å². The van der Waals surface area contributed by atoms with Crippen molar-refractivity contribution in [3.05, 3.63) is 34.1 Å². The van der Waals surface area contributed by atoms with E-state index in [1.54, 1.807) is 6.07 Å². The Bertz CT molecular complexity index is 402. The van der Waals surface area contributed by atoms with Gasteiger partial charge in [0.1, 0.15) is 5.82 Å². The molecule has 1 N–H and O–H groups in total. The Kier molecular flexibility index (Phi) is 5.83. The van der Waals surface area contributed by atoms with Crippen LogP contribution in [-0.4, -0.2) is 11.2 Å². The molecule has 0 heterocycles. The molecule has 0 aliphatic heterocycles. The maximum absolute atomic E-state index is 13.7. The largest absolute Gasteiger partial charge is 0.393 e. The first-order chi connectivity index (χ1) is 9.15. The zero-order valence-electron chi connectivity index (χ0n) is 11.2. The fourth-order valence-electron chi connectivity index (χ4n) is 2.95. The topological polar surface area (TPSA) is 20.2 Å². The van der Waals surface area contributed by atoms with Crippen molar-refractivity contribution in [3.63, 3.8) is 0 Å². The van der Waals surface area contributed by atoms with Crippen LogP contribution in [0.3, 0.4) is 0 Å². The van der Waals surface area contributed by atoms with Crippen molar-refractivity contribution in [2.75, 3.05) is 0 Å². The summed E-state index contributed by atoms with van der Waals surface area (Å²) in [5, 5.41) is 10.0. The van der Waals surface area contributed by atoms with Crippen LogP contribution in [0.15, 0.2) is 22.7 Å². The number of hydrogen-bond acceptors (Lipinski definition) is 1. The lowest BCUT2D eigenvalue weighted by Gasteiger charge is -2.22. The Morgan fingerprint density at radius 3 is 2.68 bits per heavy atom. The molecule has 0 saturated heterocycles. The quantitative estimate of drug-likeness (QED) is 0.818. The van der Waals surface area contributed by atoms with Gasteiger partial charge in [-0.1, -0.05) is 54.1 Å². The molecule has 3 heteroatoms. The summed E-state index contributed by atoms with van der Waals surface area (Å²) in [4.78, 5) is 0. The van der Waals surface area contributed by atoms with Gasteiger partial charge >= 0.3 is 0 Å². The molecule has 0 amide bonds. The number of halogens is 2. The van der Waals surface area contributed by atoms with Gasteiger partial charge in [-0.15, -0.1) is 0 Å². The fourth-order valence-corrected chi connectivity index (χ4v) is 3.28. The van der Waals surface area contributed by atoms with Gasteiger partial charge in [0.15, 0.2) is 0 Å². The molecule has 1 fully saturated rings. The van der Waals surface area contributed by atoms with Gasteiger partial charge in [-0.3, -0.25) is 0 Å². The highest BCUT2D eigenvalue weighted by Gasteiger charge is 2.16. The SMILES string of the molecule is OC(CCC1CCCCC1)Cc1ccc(Br)cc1F. The van der Waals surface area contributed by atoms with Crippen LogP contribution < -0.4 is 0 Å². The van der Waals surface area contributed by atoms with Crippen molar-refractivity contribution in [2.24, 2.45) is 5.92 Å². The third-order valence-corrected chi connectivity index (χ3v) is 4.60. The number of benzene rings is 1.